The Morgan fingerprint density at radius 3 is 3.00 bits per heavy atom. The first-order valence-electron chi connectivity index (χ1n) is 4.97. The predicted molar refractivity (Wildman–Crippen MR) is 59.8 cm³/mol. The fourth-order valence-corrected chi connectivity index (χ4v) is 1.64. The Balaban J connectivity index is 2.40. The van der Waals surface area contributed by atoms with Crippen LogP contribution in [0.4, 0.5) is 0 Å². The molecule has 2 heterocycles. The first-order chi connectivity index (χ1) is 7.22. The van der Waals surface area contributed by atoms with Crippen LogP contribution in [0.15, 0.2) is 11.1 Å². The topological polar surface area (TPSA) is 39.4 Å². The van der Waals surface area contributed by atoms with Gasteiger partial charge in [0.2, 0.25) is 0 Å². The van der Waals surface area contributed by atoms with Gasteiger partial charge in [-0.25, -0.2) is 4.98 Å². The molecule has 0 bridgehead atoms. The summed E-state index contributed by atoms with van der Waals surface area (Å²) in [5.74, 6) is 0.979. The van der Waals surface area contributed by atoms with Crippen molar-refractivity contribution >= 4 is 11.9 Å². The molecule has 1 aliphatic rings. The van der Waals surface area contributed by atoms with E-state index in [4.69, 9.17) is 4.74 Å². The fourth-order valence-electron chi connectivity index (χ4n) is 1.64. The Kier molecular flexibility index (Phi) is 2.68. The van der Waals surface area contributed by atoms with Gasteiger partial charge < -0.3 is 9.30 Å². The summed E-state index contributed by atoms with van der Waals surface area (Å²) < 4.78 is 7.18. The standard InChI is InChI=1S/C11H15N3O/c1-8-4-5-14-9(2)10(7-15-3)13-11(14)6-12-8/h4-5H,6-7H2,1-3H3. The number of ether oxygens (including phenoxy) is 1. The molecule has 15 heavy (non-hydrogen) atoms. The van der Waals surface area contributed by atoms with Gasteiger partial charge >= 0.3 is 0 Å². The molecule has 1 aromatic heterocycles. The zero-order valence-corrected chi connectivity index (χ0v) is 9.32. The molecule has 0 unspecified atom stereocenters. The molecule has 0 spiro atoms. The molecule has 0 radical (unpaired) electrons. The monoisotopic (exact) mass is 205 g/mol. The number of rotatable bonds is 2. The van der Waals surface area contributed by atoms with E-state index in [2.05, 4.69) is 21.5 Å². The third kappa shape index (κ3) is 1.85. The number of imidazole rings is 1. The van der Waals surface area contributed by atoms with Gasteiger partial charge in [0, 0.05) is 24.7 Å². The first kappa shape index (κ1) is 10.1. The van der Waals surface area contributed by atoms with Crippen molar-refractivity contribution in [2.75, 3.05) is 7.11 Å². The molecule has 1 aromatic rings. The lowest BCUT2D eigenvalue weighted by Gasteiger charge is -2.00. The minimum absolute atomic E-state index is 0.558. The van der Waals surface area contributed by atoms with Gasteiger partial charge in [-0.1, -0.05) is 0 Å². The molecule has 4 heteroatoms. The summed E-state index contributed by atoms with van der Waals surface area (Å²) in [7, 11) is 1.68. The van der Waals surface area contributed by atoms with Gasteiger partial charge in [0.25, 0.3) is 0 Å². The normalized spacial score (nSPS) is 14.7. The lowest BCUT2D eigenvalue weighted by molar-refractivity contribution is 0.181. The van der Waals surface area contributed by atoms with Crippen LogP contribution in [0.25, 0.3) is 6.20 Å². The van der Waals surface area contributed by atoms with Gasteiger partial charge in [0.1, 0.15) is 5.82 Å². The van der Waals surface area contributed by atoms with Crippen LogP contribution < -0.4 is 0 Å². The van der Waals surface area contributed by atoms with Gasteiger partial charge in [0.15, 0.2) is 0 Å². The van der Waals surface area contributed by atoms with Crippen LogP contribution >= 0.6 is 0 Å². The molecular weight excluding hydrogens is 190 g/mol. The molecule has 80 valence electrons. The molecule has 0 atom stereocenters. The highest BCUT2D eigenvalue weighted by Crippen LogP contribution is 2.15. The average Bonchev–Trinajstić information content (AvgIpc) is 2.40. The molecule has 2 rings (SSSR count). The van der Waals surface area contributed by atoms with E-state index in [0.717, 1.165) is 22.9 Å². The predicted octanol–water partition coefficient (Wildman–Crippen LogP) is 1.78. The second kappa shape index (κ2) is 3.98. The Morgan fingerprint density at radius 1 is 1.47 bits per heavy atom. The fraction of sp³-hybridized carbons (Fsp3) is 0.455. The van der Waals surface area contributed by atoms with Crippen molar-refractivity contribution in [3.05, 3.63) is 23.3 Å². The number of aromatic nitrogens is 2. The summed E-state index contributed by atoms with van der Waals surface area (Å²) >= 11 is 0. The molecule has 0 aliphatic carbocycles. The Labute approximate surface area is 89.3 Å². The van der Waals surface area contributed by atoms with E-state index in [1.54, 1.807) is 7.11 Å². The minimum Gasteiger partial charge on any atom is -0.378 e. The SMILES string of the molecule is COCc1nc2n(c1C)C=CC(C)=NC2. The van der Waals surface area contributed by atoms with Gasteiger partial charge in [-0.2, -0.15) is 0 Å². The second-order valence-corrected chi connectivity index (χ2v) is 3.64. The highest BCUT2D eigenvalue weighted by atomic mass is 16.5. The maximum atomic E-state index is 5.10. The molecule has 0 saturated heterocycles. The first-order valence-corrected chi connectivity index (χ1v) is 4.97. The van der Waals surface area contributed by atoms with Gasteiger partial charge in [0.05, 0.1) is 18.8 Å². The lowest BCUT2D eigenvalue weighted by Crippen LogP contribution is -1.95. The van der Waals surface area contributed by atoms with Gasteiger partial charge in [-0.3, -0.25) is 4.99 Å². The van der Waals surface area contributed by atoms with Crippen LogP contribution in [-0.2, 0) is 17.9 Å². The smallest absolute Gasteiger partial charge is 0.135 e. The Bertz CT molecular complexity index is 429. The Hall–Kier alpha value is -1.42. The average molecular weight is 205 g/mol. The molecule has 0 N–H and O–H groups in total. The largest absolute Gasteiger partial charge is 0.378 e. The zero-order valence-electron chi connectivity index (χ0n) is 9.32. The summed E-state index contributed by atoms with van der Waals surface area (Å²) in [4.78, 5) is 8.90. The zero-order chi connectivity index (χ0) is 10.8. The van der Waals surface area contributed by atoms with Crippen LogP contribution in [0.2, 0.25) is 0 Å². The Morgan fingerprint density at radius 2 is 2.27 bits per heavy atom. The van der Waals surface area contributed by atoms with Crippen molar-refractivity contribution in [2.24, 2.45) is 4.99 Å². The number of aliphatic imine (C=N–C) groups is 1. The number of fused-ring (bicyclic) bond motifs is 1. The van der Waals surface area contributed by atoms with Crippen molar-refractivity contribution < 1.29 is 4.74 Å². The number of nitrogens with zero attached hydrogens (tertiary/aromatic N) is 3. The van der Waals surface area contributed by atoms with Crippen molar-refractivity contribution in [3.8, 4) is 0 Å². The van der Waals surface area contributed by atoms with Crippen LogP contribution in [-0.4, -0.2) is 22.4 Å². The summed E-state index contributed by atoms with van der Waals surface area (Å²) in [6.45, 7) is 5.25. The van der Waals surface area contributed by atoms with Crippen LogP contribution in [0.3, 0.4) is 0 Å². The second-order valence-electron chi connectivity index (χ2n) is 3.64. The number of hydrogen-bond acceptors (Lipinski definition) is 3. The highest BCUT2D eigenvalue weighted by molar-refractivity contribution is 5.95. The van der Waals surface area contributed by atoms with E-state index < -0.39 is 0 Å². The summed E-state index contributed by atoms with van der Waals surface area (Å²) in [6.07, 6.45) is 4.02. The molecule has 0 amide bonds. The molecule has 4 nitrogen and oxygen atoms in total. The lowest BCUT2D eigenvalue weighted by atomic mass is 10.3. The van der Waals surface area contributed by atoms with E-state index in [9.17, 15) is 0 Å². The van der Waals surface area contributed by atoms with Crippen LogP contribution in [0.1, 0.15) is 24.1 Å². The van der Waals surface area contributed by atoms with E-state index in [1.165, 1.54) is 0 Å². The molecule has 0 aromatic carbocycles. The van der Waals surface area contributed by atoms with E-state index in [-0.39, 0.29) is 0 Å². The summed E-state index contributed by atoms with van der Waals surface area (Å²) in [5, 5.41) is 0. The van der Waals surface area contributed by atoms with E-state index >= 15 is 0 Å². The summed E-state index contributed by atoms with van der Waals surface area (Å²) in [5.41, 5.74) is 3.16. The molecular formula is C11H15N3O. The number of allylic oxidation sites excluding steroid dienone is 1. The summed E-state index contributed by atoms with van der Waals surface area (Å²) in [6, 6.07) is 0. The highest BCUT2D eigenvalue weighted by Gasteiger charge is 2.12. The third-order valence-corrected chi connectivity index (χ3v) is 2.54. The van der Waals surface area contributed by atoms with Crippen molar-refractivity contribution in [3.63, 3.8) is 0 Å². The van der Waals surface area contributed by atoms with E-state index in [1.807, 2.05) is 19.2 Å². The van der Waals surface area contributed by atoms with Crippen LogP contribution in [0.5, 0.6) is 0 Å². The van der Waals surface area contributed by atoms with Crippen LogP contribution in [0, 0.1) is 6.92 Å². The van der Waals surface area contributed by atoms with Crippen molar-refractivity contribution in [1.29, 1.82) is 0 Å². The number of methoxy groups -OCH3 is 1. The van der Waals surface area contributed by atoms with E-state index in [0.29, 0.717) is 13.2 Å². The van der Waals surface area contributed by atoms with Gasteiger partial charge in [-0.15, -0.1) is 0 Å². The maximum absolute atomic E-state index is 5.10. The maximum Gasteiger partial charge on any atom is 0.135 e. The molecule has 1 aliphatic heterocycles. The van der Waals surface area contributed by atoms with Crippen molar-refractivity contribution in [1.82, 2.24) is 9.55 Å². The van der Waals surface area contributed by atoms with Gasteiger partial charge in [-0.05, 0) is 19.9 Å². The number of hydrogen-bond donors (Lipinski definition) is 0. The minimum atomic E-state index is 0.558. The van der Waals surface area contributed by atoms with Crippen molar-refractivity contribution in [2.45, 2.75) is 27.0 Å². The third-order valence-electron chi connectivity index (χ3n) is 2.54. The molecule has 0 fully saturated rings. The quantitative estimate of drug-likeness (QED) is 0.738. The molecule has 0 saturated carbocycles.